The Bertz CT molecular complexity index is 1310. The number of amides is 1. The van der Waals surface area contributed by atoms with E-state index in [9.17, 15) is 9.90 Å². The monoisotopic (exact) mass is 441 g/mol. The summed E-state index contributed by atoms with van der Waals surface area (Å²) in [6.07, 6.45) is 6.01. The molecule has 2 aromatic heterocycles. The number of aryl methyl sites for hydroxylation is 1. The van der Waals surface area contributed by atoms with Gasteiger partial charge in [-0.2, -0.15) is 5.10 Å². The van der Waals surface area contributed by atoms with Crippen molar-refractivity contribution in [1.29, 1.82) is 0 Å². The molecule has 0 unspecified atom stereocenters. The van der Waals surface area contributed by atoms with Gasteiger partial charge in [-0.1, -0.05) is 24.3 Å². The Labute approximate surface area is 192 Å². The van der Waals surface area contributed by atoms with Crippen LogP contribution >= 0.6 is 0 Å². The number of fused-ring (bicyclic) bond motifs is 1. The van der Waals surface area contributed by atoms with Gasteiger partial charge in [-0.05, 0) is 66.7 Å². The fourth-order valence-corrected chi connectivity index (χ4v) is 4.47. The highest BCUT2D eigenvalue weighted by atomic mass is 16.3. The molecule has 7 heteroatoms. The highest BCUT2D eigenvalue weighted by Crippen LogP contribution is 2.28. The molecule has 1 fully saturated rings. The zero-order valence-electron chi connectivity index (χ0n) is 18.7. The molecule has 0 radical (unpaired) electrons. The molecule has 7 nitrogen and oxygen atoms in total. The summed E-state index contributed by atoms with van der Waals surface area (Å²) in [4.78, 5) is 19.8. The van der Waals surface area contributed by atoms with Crippen LogP contribution in [0.25, 0.3) is 21.9 Å². The number of nitrogens with one attached hydrogen (secondary N) is 1. The number of nitrogens with zero attached hydrogens (tertiary/aromatic N) is 4. The molecule has 168 valence electrons. The molecule has 33 heavy (non-hydrogen) atoms. The first kappa shape index (κ1) is 21.3. The summed E-state index contributed by atoms with van der Waals surface area (Å²) < 4.78 is 1.68. The Hall–Kier alpha value is -3.55. The van der Waals surface area contributed by atoms with Crippen LogP contribution in [0.4, 0.5) is 5.82 Å². The smallest absolute Gasteiger partial charge is 0.256 e. The number of carbonyl (C=O) groups is 1. The van der Waals surface area contributed by atoms with E-state index in [1.807, 2.05) is 49.5 Å². The molecule has 0 bridgehead atoms. The molecule has 1 saturated heterocycles. The van der Waals surface area contributed by atoms with E-state index in [2.05, 4.69) is 26.4 Å². The maximum Gasteiger partial charge on any atom is 0.256 e. The SMILES string of the molecule is Cn1ncc(-c2ccc3cnc(NC(=O)c4cccc(CN5CCCC5)c4)cc3c2)c1CO. The highest BCUT2D eigenvalue weighted by Gasteiger charge is 2.14. The number of pyridine rings is 1. The largest absolute Gasteiger partial charge is 0.390 e. The van der Waals surface area contributed by atoms with Crippen LogP contribution in [0.2, 0.25) is 0 Å². The molecule has 2 aromatic carbocycles. The zero-order chi connectivity index (χ0) is 22.8. The second-order valence-corrected chi connectivity index (χ2v) is 8.56. The second kappa shape index (κ2) is 9.13. The van der Waals surface area contributed by atoms with Crippen LogP contribution < -0.4 is 5.32 Å². The van der Waals surface area contributed by atoms with Crippen LogP contribution in [0.15, 0.2) is 60.9 Å². The number of hydrogen-bond donors (Lipinski definition) is 2. The van der Waals surface area contributed by atoms with Gasteiger partial charge in [0, 0.05) is 36.3 Å². The number of hydrogen-bond acceptors (Lipinski definition) is 5. The zero-order valence-corrected chi connectivity index (χ0v) is 18.7. The summed E-state index contributed by atoms with van der Waals surface area (Å²) in [6.45, 7) is 3.04. The van der Waals surface area contributed by atoms with Crippen molar-refractivity contribution in [2.45, 2.75) is 26.0 Å². The van der Waals surface area contributed by atoms with Gasteiger partial charge in [0.25, 0.3) is 5.91 Å². The number of anilines is 1. The van der Waals surface area contributed by atoms with Crippen molar-refractivity contribution >= 4 is 22.5 Å². The molecule has 4 aromatic rings. The van der Waals surface area contributed by atoms with Gasteiger partial charge in [-0.25, -0.2) is 4.98 Å². The molecule has 1 amide bonds. The first-order valence-electron chi connectivity index (χ1n) is 11.3. The van der Waals surface area contributed by atoms with Crippen molar-refractivity contribution < 1.29 is 9.90 Å². The lowest BCUT2D eigenvalue weighted by molar-refractivity contribution is 0.102. The topological polar surface area (TPSA) is 83.3 Å². The molecule has 2 N–H and O–H groups in total. The molecule has 1 aliphatic heterocycles. The highest BCUT2D eigenvalue weighted by molar-refractivity contribution is 6.04. The molecule has 0 saturated carbocycles. The third-order valence-electron chi connectivity index (χ3n) is 6.28. The Morgan fingerprint density at radius 3 is 2.73 bits per heavy atom. The minimum Gasteiger partial charge on any atom is -0.390 e. The summed E-state index contributed by atoms with van der Waals surface area (Å²) in [7, 11) is 1.81. The van der Waals surface area contributed by atoms with Crippen LogP contribution in [-0.2, 0) is 20.2 Å². The molecule has 3 heterocycles. The minimum absolute atomic E-state index is 0.0850. The lowest BCUT2D eigenvalue weighted by Crippen LogP contribution is -2.19. The minimum atomic E-state index is -0.170. The van der Waals surface area contributed by atoms with E-state index in [0.29, 0.717) is 11.4 Å². The third-order valence-corrected chi connectivity index (χ3v) is 6.28. The third kappa shape index (κ3) is 4.51. The Morgan fingerprint density at radius 1 is 1.06 bits per heavy atom. The molecule has 0 atom stereocenters. The standard InChI is InChI=1S/C26H27N5O2/c1-30-24(17-32)23(15-28-30)19-7-8-21-14-27-25(13-22(21)12-19)29-26(33)20-6-4-5-18(11-20)16-31-9-2-3-10-31/h4-8,11-15,32H,2-3,9-10,16-17H2,1H3,(H,27,29,33). The van der Waals surface area contributed by atoms with Crippen molar-refractivity contribution in [2.24, 2.45) is 7.05 Å². The Morgan fingerprint density at radius 2 is 1.91 bits per heavy atom. The van der Waals surface area contributed by atoms with E-state index < -0.39 is 0 Å². The van der Waals surface area contributed by atoms with Crippen molar-refractivity contribution in [3.63, 3.8) is 0 Å². The maximum absolute atomic E-state index is 12.9. The second-order valence-electron chi connectivity index (χ2n) is 8.56. The molecule has 0 spiro atoms. The van der Waals surface area contributed by atoms with Crippen LogP contribution in [-0.4, -0.2) is 43.8 Å². The first-order chi connectivity index (χ1) is 16.1. The number of aliphatic hydroxyl groups excluding tert-OH is 1. The lowest BCUT2D eigenvalue weighted by Gasteiger charge is -2.15. The fourth-order valence-electron chi connectivity index (χ4n) is 4.47. The molecule has 5 rings (SSSR count). The van der Waals surface area contributed by atoms with Gasteiger partial charge in [-0.3, -0.25) is 14.4 Å². The number of carbonyl (C=O) groups excluding carboxylic acids is 1. The summed E-state index contributed by atoms with van der Waals surface area (Å²) in [5, 5.41) is 18.8. The summed E-state index contributed by atoms with van der Waals surface area (Å²) >= 11 is 0. The van der Waals surface area contributed by atoms with Gasteiger partial charge in [0.2, 0.25) is 0 Å². The summed E-state index contributed by atoms with van der Waals surface area (Å²) in [5.41, 5.74) is 4.38. The predicted octanol–water partition coefficient (Wildman–Crippen LogP) is 3.98. The van der Waals surface area contributed by atoms with Crippen LogP contribution in [0, 0.1) is 0 Å². The fraction of sp³-hybridized carbons (Fsp3) is 0.269. The number of aliphatic hydroxyl groups is 1. The normalized spacial score (nSPS) is 14.1. The Kier molecular flexibility index (Phi) is 5.90. The van der Waals surface area contributed by atoms with E-state index in [1.54, 1.807) is 17.1 Å². The first-order valence-corrected chi connectivity index (χ1v) is 11.3. The van der Waals surface area contributed by atoms with Crippen molar-refractivity contribution in [3.8, 4) is 11.1 Å². The quantitative estimate of drug-likeness (QED) is 0.473. The van der Waals surface area contributed by atoms with Gasteiger partial charge in [-0.15, -0.1) is 0 Å². The van der Waals surface area contributed by atoms with E-state index in [4.69, 9.17) is 0 Å². The van der Waals surface area contributed by atoms with Crippen LogP contribution in [0.1, 0.15) is 34.5 Å². The lowest BCUT2D eigenvalue weighted by atomic mass is 10.0. The van der Waals surface area contributed by atoms with Crippen LogP contribution in [0.3, 0.4) is 0 Å². The molecule has 1 aliphatic rings. The van der Waals surface area contributed by atoms with Crippen molar-refractivity contribution in [2.75, 3.05) is 18.4 Å². The molecular formula is C26H27N5O2. The number of benzene rings is 2. The van der Waals surface area contributed by atoms with Crippen molar-refractivity contribution in [1.82, 2.24) is 19.7 Å². The van der Waals surface area contributed by atoms with Gasteiger partial charge in [0.15, 0.2) is 0 Å². The molecular weight excluding hydrogens is 414 g/mol. The van der Waals surface area contributed by atoms with E-state index in [0.717, 1.165) is 52.8 Å². The summed E-state index contributed by atoms with van der Waals surface area (Å²) in [6, 6.07) is 15.7. The van der Waals surface area contributed by atoms with Crippen molar-refractivity contribution in [3.05, 3.63) is 77.7 Å². The average Bonchev–Trinajstić information content (AvgIpc) is 3.48. The number of aromatic nitrogens is 3. The molecule has 0 aliphatic carbocycles. The van der Waals surface area contributed by atoms with E-state index >= 15 is 0 Å². The van der Waals surface area contributed by atoms with E-state index in [1.165, 1.54) is 12.8 Å². The average molecular weight is 442 g/mol. The summed E-state index contributed by atoms with van der Waals surface area (Å²) in [5.74, 6) is 0.333. The van der Waals surface area contributed by atoms with Gasteiger partial charge < -0.3 is 10.4 Å². The van der Waals surface area contributed by atoms with Gasteiger partial charge in [0.1, 0.15) is 5.82 Å². The van der Waals surface area contributed by atoms with Gasteiger partial charge >= 0.3 is 0 Å². The van der Waals surface area contributed by atoms with Gasteiger partial charge in [0.05, 0.1) is 18.5 Å². The van der Waals surface area contributed by atoms with Crippen LogP contribution in [0.5, 0.6) is 0 Å². The maximum atomic E-state index is 12.9. The number of likely N-dealkylation sites (tertiary alicyclic amines) is 1. The van der Waals surface area contributed by atoms with E-state index in [-0.39, 0.29) is 12.5 Å². The Balaban J connectivity index is 1.37. The predicted molar refractivity (Wildman–Crippen MR) is 129 cm³/mol. The number of rotatable bonds is 6.